The fraction of sp³-hybridized carbons (Fsp3) is 0.333. The molecule has 0 saturated carbocycles. The molecule has 0 aromatic carbocycles. The van der Waals surface area contributed by atoms with E-state index < -0.39 is 30.7 Å². The van der Waals surface area contributed by atoms with Crippen molar-refractivity contribution in [2.45, 2.75) is 18.4 Å². The first-order valence-electron chi connectivity index (χ1n) is 5.93. The third-order valence-electron chi connectivity index (χ3n) is 3.09. The molecule has 0 amide bonds. The highest BCUT2D eigenvalue weighted by Gasteiger charge is 2.40. The summed E-state index contributed by atoms with van der Waals surface area (Å²) in [6.45, 7) is -0.507. The quantitative estimate of drug-likeness (QED) is 0.621. The van der Waals surface area contributed by atoms with Crippen LogP contribution in [-0.2, 0) is 4.74 Å². The predicted molar refractivity (Wildman–Crippen MR) is 82.2 cm³/mol. The number of hydrogen-bond acceptors (Lipinski definition) is 6. The number of hydrogen-bond donors (Lipinski definition) is 3. The summed E-state index contributed by atoms with van der Waals surface area (Å²) in [6.07, 6.45) is -0.374. The Balaban J connectivity index is 2.51. The summed E-state index contributed by atoms with van der Waals surface area (Å²) in [5.41, 5.74) is 5.17. The van der Waals surface area contributed by atoms with E-state index in [0.717, 1.165) is 4.57 Å². The molecule has 0 aliphatic carbocycles. The van der Waals surface area contributed by atoms with E-state index in [0.29, 0.717) is 5.56 Å². The van der Waals surface area contributed by atoms with Crippen molar-refractivity contribution >= 4 is 34.5 Å². The summed E-state index contributed by atoms with van der Waals surface area (Å²) in [5.74, 6) is 0.0344. The normalized spacial score (nSPS) is 27.8. The lowest BCUT2D eigenvalue weighted by molar-refractivity contribution is -0.0447. The molecule has 1 aromatic heterocycles. The second-order valence-electron chi connectivity index (χ2n) is 4.33. The number of nitrogen functional groups attached to an aromatic ring is 1. The standard InChI is InChI=1S/C12H13FIN3O4/c13-3-7-9(19)8(5-18)21-11(7)17-4-6(1-2-14)10(15)16-12(17)20/h1-4,8-9,11,18-19H,5H2,(H2,15,16,20)/b2-1+,7-3+. The van der Waals surface area contributed by atoms with Crippen LogP contribution < -0.4 is 11.4 Å². The van der Waals surface area contributed by atoms with E-state index in [9.17, 15) is 14.3 Å². The van der Waals surface area contributed by atoms with E-state index >= 15 is 0 Å². The predicted octanol–water partition coefficient (Wildman–Crippen LogP) is 0.335. The Morgan fingerprint density at radius 2 is 2.33 bits per heavy atom. The molecule has 114 valence electrons. The lowest BCUT2D eigenvalue weighted by Gasteiger charge is -2.16. The average Bonchev–Trinajstić information content (AvgIpc) is 2.78. The molecule has 2 rings (SSSR count). The van der Waals surface area contributed by atoms with Gasteiger partial charge < -0.3 is 20.7 Å². The molecule has 3 unspecified atom stereocenters. The molecule has 0 radical (unpaired) electrons. The van der Waals surface area contributed by atoms with Crippen molar-refractivity contribution in [3.8, 4) is 0 Å². The minimum atomic E-state index is -1.34. The number of halogens is 2. The van der Waals surface area contributed by atoms with Crippen LogP contribution in [0.15, 0.2) is 27.0 Å². The van der Waals surface area contributed by atoms with E-state index in [1.165, 1.54) is 6.20 Å². The number of aliphatic hydroxyl groups is 2. The van der Waals surface area contributed by atoms with Crippen LogP contribution in [0.3, 0.4) is 0 Å². The number of ether oxygens (including phenoxy) is 1. The van der Waals surface area contributed by atoms with Crippen molar-refractivity contribution in [2.75, 3.05) is 12.3 Å². The van der Waals surface area contributed by atoms with Gasteiger partial charge in [-0.1, -0.05) is 22.6 Å². The highest BCUT2D eigenvalue weighted by atomic mass is 127. The Labute approximate surface area is 132 Å². The van der Waals surface area contributed by atoms with E-state index in [1.54, 1.807) is 10.2 Å². The van der Waals surface area contributed by atoms with Gasteiger partial charge in [0, 0.05) is 17.3 Å². The van der Waals surface area contributed by atoms with Gasteiger partial charge in [0.15, 0.2) is 6.23 Å². The maximum atomic E-state index is 13.0. The molecule has 7 nitrogen and oxygen atoms in total. The van der Waals surface area contributed by atoms with Crippen LogP contribution in [0, 0.1) is 0 Å². The molecule has 2 heterocycles. The van der Waals surface area contributed by atoms with Gasteiger partial charge in [0.2, 0.25) is 0 Å². The largest absolute Gasteiger partial charge is 0.394 e. The molecule has 0 bridgehead atoms. The average molecular weight is 409 g/mol. The monoisotopic (exact) mass is 409 g/mol. The molecule has 0 spiro atoms. The maximum Gasteiger partial charge on any atom is 0.351 e. The van der Waals surface area contributed by atoms with Crippen LogP contribution in [0.25, 0.3) is 6.08 Å². The highest BCUT2D eigenvalue weighted by Crippen LogP contribution is 2.33. The molecule has 3 atom stereocenters. The molecule has 1 aromatic rings. The number of aliphatic hydroxyl groups excluding tert-OH is 2. The van der Waals surface area contributed by atoms with Crippen LogP contribution in [0.5, 0.6) is 0 Å². The summed E-state index contributed by atoms with van der Waals surface area (Å²) < 4.78 is 21.0. The van der Waals surface area contributed by atoms with Gasteiger partial charge >= 0.3 is 5.69 Å². The van der Waals surface area contributed by atoms with Gasteiger partial charge in [0.05, 0.1) is 12.9 Å². The second kappa shape index (κ2) is 6.64. The molecule has 21 heavy (non-hydrogen) atoms. The Bertz CT molecular complexity index is 646. The SMILES string of the molecule is Nc1nc(=O)n(C2OC(CO)C(O)/C2=C\F)cc1/C=C/I. The van der Waals surface area contributed by atoms with Crippen molar-refractivity contribution in [3.05, 3.63) is 38.2 Å². The van der Waals surface area contributed by atoms with Gasteiger partial charge in [-0.2, -0.15) is 4.98 Å². The highest BCUT2D eigenvalue weighted by molar-refractivity contribution is 14.1. The molecule has 9 heteroatoms. The summed E-state index contributed by atoms with van der Waals surface area (Å²) in [4.78, 5) is 15.6. The van der Waals surface area contributed by atoms with E-state index in [4.69, 9.17) is 15.6 Å². The van der Waals surface area contributed by atoms with Crippen molar-refractivity contribution in [3.63, 3.8) is 0 Å². The first-order chi connectivity index (χ1) is 10.0. The molecule has 1 aliphatic heterocycles. The Morgan fingerprint density at radius 3 is 2.90 bits per heavy atom. The zero-order chi connectivity index (χ0) is 15.6. The number of aromatic nitrogens is 2. The first-order valence-corrected chi connectivity index (χ1v) is 7.18. The topological polar surface area (TPSA) is 111 Å². The van der Waals surface area contributed by atoms with E-state index in [1.807, 2.05) is 22.6 Å². The number of nitrogens with two attached hydrogens (primary N) is 1. The Morgan fingerprint density at radius 1 is 1.62 bits per heavy atom. The van der Waals surface area contributed by atoms with Crippen molar-refractivity contribution < 1.29 is 19.3 Å². The number of rotatable bonds is 3. The van der Waals surface area contributed by atoms with Crippen LogP contribution in [-0.4, -0.2) is 38.6 Å². The first kappa shape index (κ1) is 16.1. The number of anilines is 1. The summed E-state index contributed by atoms with van der Waals surface area (Å²) >= 11 is 1.97. The molecule has 1 saturated heterocycles. The summed E-state index contributed by atoms with van der Waals surface area (Å²) in [5, 5.41) is 18.9. The minimum Gasteiger partial charge on any atom is -0.394 e. The molecular formula is C12H13FIN3O4. The Kier molecular flexibility index (Phi) is 5.08. The smallest absolute Gasteiger partial charge is 0.351 e. The van der Waals surface area contributed by atoms with Crippen LogP contribution in [0.4, 0.5) is 10.2 Å². The van der Waals surface area contributed by atoms with Crippen LogP contribution >= 0.6 is 22.6 Å². The summed E-state index contributed by atoms with van der Waals surface area (Å²) in [6, 6.07) is 0. The maximum absolute atomic E-state index is 13.0. The fourth-order valence-electron chi connectivity index (χ4n) is 2.03. The summed E-state index contributed by atoms with van der Waals surface area (Å²) in [7, 11) is 0. The molecule has 1 fully saturated rings. The van der Waals surface area contributed by atoms with Crippen molar-refractivity contribution in [2.24, 2.45) is 0 Å². The van der Waals surface area contributed by atoms with E-state index in [-0.39, 0.29) is 17.7 Å². The molecule has 4 N–H and O–H groups in total. The van der Waals surface area contributed by atoms with Crippen LogP contribution in [0.1, 0.15) is 11.8 Å². The molecule has 1 aliphatic rings. The van der Waals surface area contributed by atoms with Crippen molar-refractivity contribution in [1.29, 1.82) is 0 Å². The minimum absolute atomic E-state index is 0.0344. The fourth-order valence-corrected chi connectivity index (χ4v) is 2.41. The Hall–Kier alpha value is -1.30. The number of nitrogens with zero attached hydrogens (tertiary/aromatic N) is 2. The lowest BCUT2D eigenvalue weighted by atomic mass is 10.1. The molecular weight excluding hydrogens is 396 g/mol. The second-order valence-corrected chi connectivity index (χ2v) is 5.05. The van der Waals surface area contributed by atoms with Gasteiger partial charge in [-0.3, -0.25) is 4.57 Å². The third kappa shape index (κ3) is 3.00. The third-order valence-corrected chi connectivity index (χ3v) is 3.45. The zero-order valence-corrected chi connectivity index (χ0v) is 12.8. The van der Waals surface area contributed by atoms with Gasteiger partial charge in [-0.05, 0) is 10.2 Å². The van der Waals surface area contributed by atoms with E-state index in [2.05, 4.69) is 4.98 Å². The van der Waals surface area contributed by atoms with Gasteiger partial charge in [0.25, 0.3) is 0 Å². The lowest BCUT2D eigenvalue weighted by Crippen LogP contribution is -2.29. The van der Waals surface area contributed by atoms with Crippen LogP contribution in [0.2, 0.25) is 0 Å². The van der Waals surface area contributed by atoms with Gasteiger partial charge in [-0.15, -0.1) is 0 Å². The van der Waals surface area contributed by atoms with Gasteiger partial charge in [0.1, 0.15) is 18.0 Å². The van der Waals surface area contributed by atoms with Gasteiger partial charge in [-0.25, -0.2) is 9.18 Å². The zero-order valence-electron chi connectivity index (χ0n) is 10.7. The van der Waals surface area contributed by atoms with Crippen molar-refractivity contribution in [1.82, 2.24) is 9.55 Å².